The maximum atomic E-state index is 12.5. The smallest absolute Gasteiger partial charge is 0.393 e. The summed E-state index contributed by atoms with van der Waals surface area (Å²) in [5.41, 5.74) is 1.75. The average molecular weight is 248 g/mol. The second kappa shape index (κ2) is 4.04. The van der Waals surface area contributed by atoms with Gasteiger partial charge in [-0.25, -0.2) is 0 Å². The fourth-order valence-electron chi connectivity index (χ4n) is 1.29. The highest BCUT2D eigenvalue weighted by Gasteiger charge is 2.36. The zero-order valence-electron chi connectivity index (χ0n) is 8.54. The van der Waals surface area contributed by atoms with E-state index in [0.717, 1.165) is 6.92 Å². The van der Waals surface area contributed by atoms with Gasteiger partial charge in [-0.2, -0.15) is 13.2 Å². The molecular formula is C9H7F3N2O3. The molecule has 1 aromatic rings. The Kier molecular flexibility index (Phi) is 3.08. The van der Waals surface area contributed by atoms with Crippen LogP contribution in [0.15, 0.2) is 12.1 Å². The number of hydrogen-bond acceptors (Lipinski definition) is 4. The first-order valence-electron chi connectivity index (χ1n) is 4.30. The quantitative estimate of drug-likeness (QED) is 0.377. The van der Waals surface area contributed by atoms with Crippen molar-refractivity contribution in [2.75, 3.05) is 5.73 Å². The molecule has 0 saturated carbocycles. The lowest BCUT2D eigenvalue weighted by atomic mass is 10.0. The van der Waals surface area contributed by atoms with Gasteiger partial charge in [0.25, 0.3) is 5.69 Å². The Morgan fingerprint density at radius 1 is 1.41 bits per heavy atom. The Hall–Kier alpha value is -2.12. The van der Waals surface area contributed by atoms with Gasteiger partial charge >= 0.3 is 6.18 Å². The van der Waals surface area contributed by atoms with Crippen LogP contribution in [0.2, 0.25) is 0 Å². The second-order valence-electron chi connectivity index (χ2n) is 3.27. The Balaban J connectivity index is 3.58. The van der Waals surface area contributed by atoms with Crippen LogP contribution in [0.3, 0.4) is 0 Å². The zero-order valence-corrected chi connectivity index (χ0v) is 8.54. The lowest BCUT2D eigenvalue weighted by Gasteiger charge is -2.11. The summed E-state index contributed by atoms with van der Waals surface area (Å²) in [7, 11) is 0. The molecule has 0 aromatic heterocycles. The molecule has 0 aliphatic heterocycles. The van der Waals surface area contributed by atoms with Gasteiger partial charge in [-0.15, -0.1) is 0 Å². The molecule has 0 aliphatic carbocycles. The summed E-state index contributed by atoms with van der Waals surface area (Å²) in [5, 5.41) is 10.5. The molecule has 8 heteroatoms. The number of alkyl halides is 3. The summed E-state index contributed by atoms with van der Waals surface area (Å²) < 4.78 is 37.6. The van der Waals surface area contributed by atoms with E-state index < -0.39 is 39.4 Å². The Morgan fingerprint density at radius 2 is 1.94 bits per heavy atom. The Labute approximate surface area is 93.2 Å². The molecule has 17 heavy (non-hydrogen) atoms. The normalized spacial score (nSPS) is 11.3. The third-order valence-electron chi connectivity index (χ3n) is 2.05. The minimum Gasteiger partial charge on any atom is -0.393 e. The topological polar surface area (TPSA) is 86.2 Å². The van der Waals surface area contributed by atoms with Crippen molar-refractivity contribution >= 4 is 17.2 Å². The monoisotopic (exact) mass is 248 g/mol. The molecular weight excluding hydrogens is 241 g/mol. The number of ketones is 1. The van der Waals surface area contributed by atoms with E-state index in [9.17, 15) is 28.1 Å². The molecule has 0 aliphatic rings. The van der Waals surface area contributed by atoms with Crippen LogP contribution in [0.1, 0.15) is 22.8 Å². The van der Waals surface area contributed by atoms with Gasteiger partial charge < -0.3 is 5.73 Å². The summed E-state index contributed by atoms with van der Waals surface area (Å²) in [6.07, 6.45) is -4.79. The summed E-state index contributed by atoms with van der Waals surface area (Å²) in [5.74, 6) is -0.916. The number of carbonyl (C=O) groups excluding carboxylic acids is 1. The first kappa shape index (κ1) is 12.9. The van der Waals surface area contributed by atoms with Crippen molar-refractivity contribution in [2.45, 2.75) is 13.1 Å². The van der Waals surface area contributed by atoms with Gasteiger partial charge in [0.15, 0.2) is 5.78 Å². The number of halogens is 3. The van der Waals surface area contributed by atoms with Crippen molar-refractivity contribution < 1.29 is 22.9 Å². The highest BCUT2D eigenvalue weighted by molar-refractivity contribution is 5.97. The fourth-order valence-corrected chi connectivity index (χ4v) is 1.29. The SMILES string of the molecule is CC(=O)c1cc([N+](=O)[O-])c(N)cc1C(F)(F)F. The lowest BCUT2D eigenvalue weighted by Crippen LogP contribution is -2.13. The van der Waals surface area contributed by atoms with Crippen molar-refractivity contribution in [3.63, 3.8) is 0 Å². The number of nitrogen functional groups attached to an aromatic ring is 1. The van der Waals surface area contributed by atoms with Crippen molar-refractivity contribution in [1.82, 2.24) is 0 Å². The van der Waals surface area contributed by atoms with Crippen LogP contribution >= 0.6 is 0 Å². The number of nitrogens with two attached hydrogens (primary N) is 1. The van der Waals surface area contributed by atoms with E-state index in [2.05, 4.69) is 0 Å². The maximum Gasteiger partial charge on any atom is 0.417 e. The Morgan fingerprint density at radius 3 is 2.29 bits per heavy atom. The predicted octanol–water partition coefficient (Wildman–Crippen LogP) is 2.40. The lowest BCUT2D eigenvalue weighted by molar-refractivity contribution is -0.384. The summed E-state index contributed by atoms with van der Waals surface area (Å²) in [6, 6.07) is 0.940. The van der Waals surface area contributed by atoms with E-state index >= 15 is 0 Å². The molecule has 0 radical (unpaired) electrons. The number of anilines is 1. The van der Waals surface area contributed by atoms with Crippen molar-refractivity contribution in [1.29, 1.82) is 0 Å². The van der Waals surface area contributed by atoms with Crippen LogP contribution in [0.5, 0.6) is 0 Å². The number of Topliss-reactive ketones (excluding diaryl/α,β-unsaturated/α-hetero) is 1. The van der Waals surface area contributed by atoms with Crippen LogP contribution in [-0.4, -0.2) is 10.7 Å². The number of rotatable bonds is 2. The van der Waals surface area contributed by atoms with E-state index in [1.54, 1.807) is 0 Å². The number of hydrogen-bond donors (Lipinski definition) is 1. The standard InChI is InChI=1S/C9H7F3N2O3/c1-4(15)5-2-8(14(16)17)7(13)3-6(5)9(10,11)12/h2-3H,13H2,1H3. The van der Waals surface area contributed by atoms with Gasteiger partial charge in [0, 0.05) is 11.6 Å². The predicted molar refractivity (Wildman–Crippen MR) is 52.5 cm³/mol. The van der Waals surface area contributed by atoms with Gasteiger partial charge in [0.05, 0.1) is 10.5 Å². The number of nitrogens with zero attached hydrogens (tertiary/aromatic N) is 1. The molecule has 2 N–H and O–H groups in total. The zero-order chi connectivity index (χ0) is 13.4. The van der Waals surface area contributed by atoms with Crippen LogP contribution < -0.4 is 5.73 Å². The second-order valence-corrected chi connectivity index (χ2v) is 3.27. The summed E-state index contributed by atoms with van der Waals surface area (Å²) in [6.45, 7) is 0.893. The van der Waals surface area contributed by atoms with Crippen molar-refractivity contribution in [3.05, 3.63) is 33.4 Å². The van der Waals surface area contributed by atoms with Gasteiger partial charge in [-0.05, 0) is 13.0 Å². The highest BCUT2D eigenvalue weighted by Crippen LogP contribution is 2.36. The van der Waals surface area contributed by atoms with Crippen LogP contribution in [0, 0.1) is 10.1 Å². The van der Waals surface area contributed by atoms with Crippen LogP contribution in [0.25, 0.3) is 0 Å². The van der Waals surface area contributed by atoms with Crippen LogP contribution in [-0.2, 0) is 6.18 Å². The molecule has 1 aromatic carbocycles. The number of carbonyl (C=O) groups is 1. The largest absolute Gasteiger partial charge is 0.417 e. The van der Waals surface area contributed by atoms with Gasteiger partial charge in [-0.1, -0.05) is 0 Å². The van der Waals surface area contributed by atoms with E-state index in [4.69, 9.17) is 5.73 Å². The van der Waals surface area contributed by atoms with Gasteiger partial charge in [0.1, 0.15) is 5.69 Å². The molecule has 0 spiro atoms. The third kappa shape index (κ3) is 2.52. The van der Waals surface area contributed by atoms with Crippen LogP contribution in [0.4, 0.5) is 24.5 Å². The number of nitro benzene ring substituents is 1. The maximum absolute atomic E-state index is 12.5. The minimum absolute atomic E-state index is 0.398. The van der Waals surface area contributed by atoms with Crippen molar-refractivity contribution in [3.8, 4) is 0 Å². The summed E-state index contributed by atoms with van der Waals surface area (Å²) >= 11 is 0. The molecule has 0 fully saturated rings. The van der Waals surface area contributed by atoms with E-state index in [1.165, 1.54) is 0 Å². The van der Waals surface area contributed by atoms with E-state index in [-0.39, 0.29) is 0 Å². The molecule has 0 heterocycles. The number of nitro groups is 1. The van der Waals surface area contributed by atoms with Gasteiger partial charge in [-0.3, -0.25) is 14.9 Å². The van der Waals surface area contributed by atoms with E-state index in [0.29, 0.717) is 12.1 Å². The average Bonchev–Trinajstić information content (AvgIpc) is 2.14. The third-order valence-corrected chi connectivity index (χ3v) is 2.05. The molecule has 0 bridgehead atoms. The molecule has 0 atom stereocenters. The van der Waals surface area contributed by atoms with Crippen molar-refractivity contribution in [2.24, 2.45) is 0 Å². The molecule has 1 rings (SSSR count). The fraction of sp³-hybridized carbons (Fsp3) is 0.222. The summed E-state index contributed by atoms with van der Waals surface area (Å²) in [4.78, 5) is 20.6. The minimum atomic E-state index is -4.79. The molecule has 5 nitrogen and oxygen atoms in total. The molecule has 0 saturated heterocycles. The molecule has 92 valence electrons. The first-order chi connectivity index (χ1) is 7.64. The molecule has 0 unspecified atom stereocenters. The van der Waals surface area contributed by atoms with E-state index in [1.807, 2.05) is 0 Å². The number of benzene rings is 1. The Bertz CT molecular complexity index is 497. The first-order valence-corrected chi connectivity index (χ1v) is 4.30. The van der Waals surface area contributed by atoms with Gasteiger partial charge in [0.2, 0.25) is 0 Å². The molecule has 0 amide bonds. The highest BCUT2D eigenvalue weighted by atomic mass is 19.4.